The Bertz CT molecular complexity index is 633. The molecule has 2 nitrogen and oxygen atoms in total. The summed E-state index contributed by atoms with van der Waals surface area (Å²) in [5.74, 6) is 0.0132. The van der Waals surface area contributed by atoms with Gasteiger partial charge in [0.2, 0.25) is 0 Å². The third kappa shape index (κ3) is 3.69. The fourth-order valence-corrected chi connectivity index (χ4v) is 1.95. The molecule has 0 amide bonds. The van der Waals surface area contributed by atoms with Crippen LogP contribution in [0.15, 0.2) is 53.0 Å². The summed E-state index contributed by atoms with van der Waals surface area (Å²) in [6, 6.07) is 11.6. The third-order valence-electron chi connectivity index (χ3n) is 2.52. The quantitative estimate of drug-likeness (QED) is 0.651. The normalized spacial score (nSPS) is 10.8. The van der Waals surface area contributed by atoms with Crippen LogP contribution in [0.1, 0.15) is 15.9 Å². The number of hydrogen-bond donors (Lipinski definition) is 1. The maximum atomic E-state index is 11.9. The minimum atomic E-state index is -0.126. The molecule has 0 saturated carbocycles. The number of allylic oxidation sites excluding steroid dienone is 1. The summed E-state index contributed by atoms with van der Waals surface area (Å²) in [6.07, 6.45) is 3.18. The van der Waals surface area contributed by atoms with Crippen LogP contribution in [0.2, 0.25) is 5.02 Å². The molecule has 0 unspecified atom stereocenters. The number of halogens is 2. The molecule has 2 rings (SSSR count). The van der Waals surface area contributed by atoms with Gasteiger partial charge in [-0.15, -0.1) is 0 Å². The molecular formula is C15H10BrClO2. The van der Waals surface area contributed by atoms with Crippen molar-refractivity contribution >= 4 is 39.4 Å². The van der Waals surface area contributed by atoms with E-state index in [0.29, 0.717) is 10.6 Å². The van der Waals surface area contributed by atoms with Crippen molar-refractivity contribution in [3.8, 4) is 5.75 Å². The zero-order chi connectivity index (χ0) is 13.8. The van der Waals surface area contributed by atoms with Crippen LogP contribution in [0, 0.1) is 0 Å². The highest BCUT2D eigenvalue weighted by Gasteiger charge is 2.02. The van der Waals surface area contributed by atoms with Crippen molar-refractivity contribution in [3.05, 3.63) is 69.2 Å². The van der Waals surface area contributed by atoms with E-state index < -0.39 is 0 Å². The number of phenols is 1. The second-order valence-corrected chi connectivity index (χ2v) is 5.18. The van der Waals surface area contributed by atoms with Crippen LogP contribution in [-0.2, 0) is 0 Å². The zero-order valence-electron chi connectivity index (χ0n) is 9.81. The molecule has 0 fully saturated rings. The fourth-order valence-electron chi connectivity index (χ4n) is 1.51. The fraction of sp³-hybridized carbons (Fsp3) is 0. The molecule has 0 aliphatic carbocycles. The molecule has 0 aliphatic rings. The van der Waals surface area contributed by atoms with Crippen molar-refractivity contribution in [1.82, 2.24) is 0 Å². The minimum absolute atomic E-state index is 0.126. The second-order valence-electron chi connectivity index (χ2n) is 3.92. The van der Waals surface area contributed by atoms with E-state index in [-0.39, 0.29) is 11.5 Å². The maximum Gasteiger partial charge on any atom is 0.185 e. The first-order valence-electron chi connectivity index (χ1n) is 5.53. The number of phenolic OH excluding ortho intramolecular Hbond substituents is 1. The van der Waals surface area contributed by atoms with Gasteiger partial charge in [-0.3, -0.25) is 4.79 Å². The molecule has 2 aromatic rings. The van der Waals surface area contributed by atoms with Gasteiger partial charge in [0.25, 0.3) is 0 Å². The van der Waals surface area contributed by atoms with Gasteiger partial charge in [0.05, 0.1) is 5.02 Å². The standard InChI is InChI=1S/C15H10BrClO2/c16-13-7-1-10(9-14(13)17)2-8-15(19)11-3-5-12(18)6-4-11/h1-9,18H. The Morgan fingerprint density at radius 1 is 1.16 bits per heavy atom. The van der Waals surface area contributed by atoms with Crippen LogP contribution < -0.4 is 0 Å². The van der Waals surface area contributed by atoms with Gasteiger partial charge in [-0.1, -0.05) is 23.7 Å². The molecule has 4 heteroatoms. The van der Waals surface area contributed by atoms with Gasteiger partial charge in [-0.2, -0.15) is 0 Å². The van der Waals surface area contributed by atoms with Gasteiger partial charge in [0.1, 0.15) is 5.75 Å². The molecule has 0 bridgehead atoms. The van der Waals surface area contributed by atoms with Gasteiger partial charge in [0.15, 0.2) is 5.78 Å². The summed E-state index contributed by atoms with van der Waals surface area (Å²) in [6.45, 7) is 0. The Kier molecular flexibility index (Phi) is 4.40. The summed E-state index contributed by atoms with van der Waals surface area (Å²) < 4.78 is 0.816. The van der Waals surface area contributed by atoms with Crippen molar-refractivity contribution in [2.45, 2.75) is 0 Å². The van der Waals surface area contributed by atoms with Crippen molar-refractivity contribution in [3.63, 3.8) is 0 Å². The smallest absolute Gasteiger partial charge is 0.185 e. The minimum Gasteiger partial charge on any atom is -0.508 e. The number of benzene rings is 2. The SMILES string of the molecule is O=C(C=Cc1ccc(Br)c(Cl)c1)c1ccc(O)cc1. The number of carbonyl (C=O) groups excluding carboxylic acids is 1. The molecule has 0 saturated heterocycles. The van der Waals surface area contributed by atoms with E-state index in [1.807, 2.05) is 12.1 Å². The van der Waals surface area contributed by atoms with Gasteiger partial charge >= 0.3 is 0 Å². The number of rotatable bonds is 3. The Morgan fingerprint density at radius 3 is 2.47 bits per heavy atom. The lowest BCUT2D eigenvalue weighted by atomic mass is 10.1. The Hall–Kier alpha value is -1.58. The number of ketones is 1. The van der Waals surface area contributed by atoms with Gasteiger partial charge in [0, 0.05) is 10.0 Å². The highest BCUT2D eigenvalue weighted by molar-refractivity contribution is 9.10. The van der Waals surface area contributed by atoms with Crippen molar-refractivity contribution in [2.24, 2.45) is 0 Å². The Balaban J connectivity index is 2.15. The maximum absolute atomic E-state index is 11.9. The lowest BCUT2D eigenvalue weighted by Crippen LogP contribution is -1.92. The van der Waals surface area contributed by atoms with E-state index in [1.54, 1.807) is 24.3 Å². The molecular weight excluding hydrogens is 328 g/mol. The van der Waals surface area contributed by atoms with E-state index in [1.165, 1.54) is 18.2 Å². The van der Waals surface area contributed by atoms with Crippen LogP contribution in [0.25, 0.3) is 6.08 Å². The van der Waals surface area contributed by atoms with Crippen molar-refractivity contribution in [1.29, 1.82) is 0 Å². The number of aromatic hydroxyl groups is 1. The van der Waals surface area contributed by atoms with Crippen molar-refractivity contribution in [2.75, 3.05) is 0 Å². The molecule has 0 atom stereocenters. The first-order valence-corrected chi connectivity index (χ1v) is 6.70. The van der Waals surface area contributed by atoms with Gasteiger partial charge in [-0.05, 0) is 64.0 Å². The van der Waals surface area contributed by atoms with Crippen LogP contribution in [0.4, 0.5) is 0 Å². The lowest BCUT2D eigenvalue weighted by Gasteiger charge is -1.98. The monoisotopic (exact) mass is 336 g/mol. The van der Waals surface area contributed by atoms with Crippen LogP contribution in [0.5, 0.6) is 5.75 Å². The highest BCUT2D eigenvalue weighted by atomic mass is 79.9. The Morgan fingerprint density at radius 2 is 1.84 bits per heavy atom. The van der Waals surface area contributed by atoms with Gasteiger partial charge in [-0.25, -0.2) is 0 Å². The van der Waals surface area contributed by atoms with Crippen LogP contribution in [-0.4, -0.2) is 10.9 Å². The van der Waals surface area contributed by atoms with E-state index in [4.69, 9.17) is 16.7 Å². The van der Waals surface area contributed by atoms with E-state index in [9.17, 15) is 4.79 Å². The Labute approximate surface area is 124 Å². The molecule has 19 heavy (non-hydrogen) atoms. The first-order chi connectivity index (χ1) is 9.06. The predicted octanol–water partition coefficient (Wildman–Crippen LogP) is 4.70. The molecule has 2 aromatic carbocycles. The van der Waals surface area contributed by atoms with Crippen LogP contribution >= 0.6 is 27.5 Å². The summed E-state index contributed by atoms with van der Waals surface area (Å²) >= 11 is 9.28. The molecule has 0 spiro atoms. The van der Waals surface area contributed by atoms with Crippen molar-refractivity contribution < 1.29 is 9.90 Å². The average Bonchev–Trinajstić information content (AvgIpc) is 2.40. The molecule has 0 aromatic heterocycles. The topological polar surface area (TPSA) is 37.3 Å². The molecule has 96 valence electrons. The van der Waals surface area contributed by atoms with E-state index in [2.05, 4.69) is 15.9 Å². The van der Waals surface area contributed by atoms with Gasteiger partial charge < -0.3 is 5.11 Å². The summed E-state index contributed by atoms with van der Waals surface area (Å²) in [4.78, 5) is 11.9. The molecule has 0 aliphatic heterocycles. The van der Waals surface area contributed by atoms with Crippen LogP contribution in [0.3, 0.4) is 0 Å². The summed E-state index contributed by atoms with van der Waals surface area (Å²) in [5, 5.41) is 9.75. The lowest BCUT2D eigenvalue weighted by molar-refractivity contribution is 0.104. The first kappa shape index (κ1) is 13.8. The summed E-state index contributed by atoms with van der Waals surface area (Å²) in [7, 11) is 0. The summed E-state index contributed by atoms with van der Waals surface area (Å²) in [5.41, 5.74) is 1.37. The zero-order valence-corrected chi connectivity index (χ0v) is 12.1. The third-order valence-corrected chi connectivity index (χ3v) is 3.76. The molecule has 0 radical (unpaired) electrons. The number of carbonyl (C=O) groups is 1. The molecule has 0 heterocycles. The average molecular weight is 338 g/mol. The largest absolute Gasteiger partial charge is 0.508 e. The highest BCUT2D eigenvalue weighted by Crippen LogP contribution is 2.23. The second kappa shape index (κ2) is 6.04. The van der Waals surface area contributed by atoms with E-state index >= 15 is 0 Å². The molecule has 1 N–H and O–H groups in total. The van der Waals surface area contributed by atoms with E-state index in [0.717, 1.165) is 10.0 Å². The predicted molar refractivity (Wildman–Crippen MR) is 80.6 cm³/mol. The number of hydrogen-bond acceptors (Lipinski definition) is 2.